The first-order chi connectivity index (χ1) is 19.1. The Balaban J connectivity index is 1.38. The van der Waals surface area contributed by atoms with Crippen LogP contribution in [-0.2, 0) is 0 Å². The van der Waals surface area contributed by atoms with Crippen molar-refractivity contribution >= 4 is 23.0 Å². The number of hydrogen-bond acceptors (Lipinski definition) is 4. The zero-order valence-corrected chi connectivity index (χ0v) is 22.5. The summed E-state index contributed by atoms with van der Waals surface area (Å²) in [6, 6.07) is 34.0. The number of methoxy groups -OCH3 is 1. The highest BCUT2D eigenvalue weighted by Crippen LogP contribution is 2.42. The van der Waals surface area contributed by atoms with Gasteiger partial charge >= 0.3 is 0 Å². The molecule has 0 amide bonds. The van der Waals surface area contributed by atoms with Gasteiger partial charge < -0.3 is 24.3 Å². The van der Waals surface area contributed by atoms with Crippen LogP contribution in [0.1, 0.15) is 29.0 Å². The molecule has 3 aromatic carbocycles. The zero-order chi connectivity index (χ0) is 26.8. The summed E-state index contributed by atoms with van der Waals surface area (Å²) in [6.07, 6.45) is 3.89. The molecule has 0 saturated carbocycles. The fraction of sp³-hybridized carbons (Fsp3) is 0.125. The van der Waals surface area contributed by atoms with Gasteiger partial charge in [0, 0.05) is 29.5 Å². The molecule has 3 heterocycles. The summed E-state index contributed by atoms with van der Waals surface area (Å²) in [7, 11) is 1.67. The van der Waals surface area contributed by atoms with Crippen LogP contribution in [0.4, 0.5) is 5.69 Å². The number of thiocarbonyl (C=S) groups is 1. The van der Waals surface area contributed by atoms with Gasteiger partial charge in [-0.2, -0.15) is 0 Å². The average Bonchev–Trinajstić information content (AvgIpc) is 3.59. The van der Waals surface area contributed by atoms with Gasteiger partial charge in [0.1, 0.15) is 23.3 Å². The monoisotopic (exact) mass is 532 g/mol. The average molecular weight is 533 g/mol. The molecule has 0 bridgehead atoms. The number of nitrogens with zero attached hydrogens (tertiary/aromatic N) is 3. The fourth-order valence-electron chi connectivity index (χ4n) is 4.96. The van der Waals surface area contributed by atoms with Crippen LogP contribution in [0, 0.1) is 6.92 Å². The standard InChI is InChI=1S/C32H28N4O2S/c1-22-8-14-26(15-9-22)38-27-18-12-24(13-19-27)36-31(30(34-32(36)39)28-6-3-4-20-33-28)29-7-5-21-35(29)23-10-16-25(37-2)17-11-23/h3-21,30-31H,1-2H3,(H,34,39)/t30-,31-/m0/s1. The maximum absolute atomic E-state index is 6.07. The van der Waals surface area contributed by atoms with Crippen LogP contribution in [0.3, 0.4) is 0 Å². The molecule has 2 aromatic heterocycles. The zero-order valence-electron chi connectivity index (χ0n) is 21.7. The van der Waals surface area contributed by atoms with Gasteiger partial charge in [0.25, 0.3) is 0 Å². The minimum absolute atomic E-state index is 0.144. The highest BCUT2D eigenvalue weighted by molar-refractivity contribution is 7.80. The van der Waals surface area contributed by atoms with E-state index in [9.17, 15) is 0 Å². The Morgan fingerprint density at radius 1 is 0.769 bits per heavy atom. The number of benzene rings is 3. The van der Waals surface area contributed by atoms with Crippen LogP contribution < -0.4 is 19.7 Å². The van der Waals surface area contributed by atoms with Crippen molar-refractivity contribution in [1.82, 2.24) is 14.9 Å². The molecule has 0 radical (unpaired) electrons. The van der Waals surface area contributed by atoms with Crippen molar-refractivity contribution in [2.45, 2.75) is 19.0 Å². The molecule has 1 aliphatic heterocycles. The predicted molar refractivity (Wildman–Crippen MR) is 158 cm³/mol. The van der Waals surface area contributed by atoms with Crippen LogP contribution in [0.25, 0.3) is 5.69 Å². The van der Waals surface area contributed by atoms with Crippen molar-refractivity contribution in [1.29, 1.82) is 0 Å². The van der Waals surface area contributed by atoms with E-state index >= 15 is 0 Å². The summed E-state index contributed by atoms with van der Waals surface area (Å²) in [5.74, 6) is 2.38. The molecule has 6 rings (SSSR count). The Morgan fingerprint density at radius 2 is 1.44 bits per heavy atom. The Bertz CT molecular complexity index is 1570. The number of ether oxygens (including phenoxy) is 2. The Kier molecular flexibility index (Phi) is 6.73. The lowest BCUT2D eigenvalue weighted by atomic mass is 10.0. The minimum atomic E-state index is -0.145. The highest BCUT2D eigenvalue weighted by atomic mass is 32.1. The molecule has 39 heavy (non-hydrogen) atoms. The van der Waals surface area contributed by atoms with Gasteiger partial charge in [0.2, 0.25) is 0 Å². The van der Waals surface area contributed by atoms with E-state index < -0.39 is 0 Å². The van der Waals surface area contributed by atoms with E-state index in [1.54, 1.807) is 7.11 Å². The summed E-state index contributed by atoms with van der Waals surface area (Å²) >= 11 is 5.92. The smallest absolute Gasteiger partial charge is 0.174 e. The Hall–Kier alpha value is -4.62. The van der Waals surface area contributed by atoms with Crippen molar-refractivity contribution < 1.29 is 9.47 Å². The summed E-state index contributed by atoms with van der Waals surface area (Å²) in [5.41, 5.74) is 5.21. The van der Waals surface area contributed by atoms with Crippen LogP contribution in [0.2, 0.25) is 0 Å². The van der Waals surface area contributed by atoms with Crippen LogP contribution in [0.15, 0.2) is 116 Å². The van der Waals surface area contributed by atoms with Gasteiger partial charge in [-0.25, -0.2) is 0 Å². The second kappa shape index (κ2) is 10.6. The first-order valence-electron chi connectivity index (χ1n) is 12.8. The van der Waals surface area contributed by atoms with Crippen LogP contribution in [-0.4, -0.2) is 21.8 Å². The van der Waals surface area contributed by atoms with Crippen molar-refractivity contribution in [3.63, 3.8) is 0 Å². The molecular weight excluding hydrogens is 504 g/mol. The number of anilines is 1. The summed E-state index contributed by atoms with van der Waals surface area (Å²) in [4.78, 5) is 6.85. The van der Waals surface area contributed by atoms with Gasteiger partial charge in [-0.1, -0.05) is 23.8 Å². The predicted octanol–water partition coefficient (Wildman–Crippen LogP) is 7.16. The number of hydrogen-bond donors (Lipinski definition) is 1. The number of aromatic nitrogens is 2. The van der Waals surface area contributed by atoms with E-state index in [1.807, 2.05) is 85.1 Å². The first kappa shape index (κ1) is 24.7. The Morgan fingerprint density at radius 3 is 2.10 bits per heavy atom. The van der Waals surface area contributed by atoms with Gasteiger partial charge in [0.15, 0.2) is 5.11 Å². The third kappa shape index (κ3) is 4.96. The molecule has 0 spiro atoms. The lowest BCUT2D eigenvalue weighted by Gasteiger charge is -2.29. The van der Waals surface area contributed by atoms with Crippen molar-refractivity contribution in [3.05, 3.63) is 132 Å². The maximum Gasteiger partial charge on any atom is 0.174 e. The lowest BCUT2D eigenvalue weighted by molar-refractivity contribution is 0.414. The van der Waals surface area contributed by atoms with E-state index in [0.29, 0.717) is 5.11 Å². The summed E-state index contributed by atoms with van der Waals surface area (Å²) < 4.78 is 13.6. The molecular formula is C32H28N4O2S. The molecule has 2 atom stereocenters. The van der Waals surface area contributed by atoms with E-state index in [1.165, 1.54) is 5.56 Å². The molecule has 0 unspecified atom stereocenters. The molecule has 194 valence electrons. The van der Waals surface area contributed by atoms with Gasteiger partial charge in [-0.15, -0.1) is 0 Å². The number of pyridine rings is 1. The van der Waals surface area contributed by atoms with Gasteiger partial charge in [-0.05, 0) is 104 Å². The number of aryl methyl sites for hydroxylation is 1. The molecule has 1 aliphatic rings. The molecule has 1 N–H and O–H groups in total. The van der Waals surface area contributed by atoms with Crippen LogP contribution >= 0.6 is 12.2 Å². The second-order valence-electron chi connectivity index (χ2n) is 9.41. The van der Waals surface area contributed by atoms with E-state index in [4.69, 9.17) is 21.7 Å². The fourth-order valence-corrected chi connectivity index (χ4v) is 5.31. The van der Waals surface area contributed by atoms with Crippen molar-refractivity contribution in [2.75, 3.05) is 12.0 Å². The molecule has 1 fully saturated rings. The SMILES string of the molecule is COc1ccc(-n2cccc2[C@H]2[C@H](c3ccccn3)NC(=S)N2c2ccc(Oc3ccc(C)cc3)cc2)cc1. The quantitative estimate of drug-likeness (QED) is 0.225. The minimum Gasteiger partial charge on any atom is -0.497 e. The highest BCUT2D eigenvalue weighted by Gasteiger charge is 2.42. The molecule has 7 heteroatoms. The number of rotatable bonds is 7. The molecule has 0 aliphatic carbocycles. The third-order valence-electron chi connectivity index (χ3n) is 6.90. The van der Waals surface area contributed by atoms with Crippen LogP contribution in [0.5, 0.6) is 17.2 Å². The number of nitrogens with one attached hydrogen (secondary N) is 1. The van der Waals surface area contributed by atoms with E-state index in [2.05, 4.69) is 57.2 Å². The van der Waals surface area contributed by atoms with Gasteiger partial charge in [0.05, 0.1) is 18.8 Å². The maximum atomic E-state index is 6.07. The molecule has 6 nitrogen and oxygen atoms in total. The topological polar surface area (TPSA) is 51.5 Å². The van der Waals surface area contributed by atoms with E-state index in [0.717, 1.165) is 40.0 Å². The summed E-state index contributed by atoms with van der Waals surface area (Å²) in [6.45, 7) is 2.06. The summed E-state index contributed by atoms with van der Waals surface area (Å²) in [5, 5.41) is 4.19. The van der Waals surface area contributed by atoms with E-state index in [-0.39, 0.29) is 12.1 Å². The first-order valence-corrected chi connectivity index (χ1v) is 13.2. The van der Waals surface area contributed by atoms with Crippen molar-refractivity contribution in [3.8, 4) is 22.9 Å². The largest absolute Gasteiger partial charge is 0.497 e. The van der Waals surface area contributed by atoms with Crippen molar-refractivity contribution in [2.24, 2.45) is 0 Å². The lowest BCUT2D eigenvalue weighted by Crippen LogP contribution is -2.30. The molecule has 5 aromatic rings. The van der Waals surface area contributed by atoms with Gasteiger partial charge in [-0.3, -0.25) is 4.98 Å². The third-order valence-corrected chi connectivity index (χ3v) is 7.22. The molecule has 1 saturated heterocycles. The second-order valence-corrected chi connectivity index (χ2v) is 9.79. The normalized spacial score (nSPS) is 16.7. The Labute approximate surface area is 233 Å².